The molecule has 0 atom stereocenters. The molecule has 3 rings (SSSR count). The van der Waals surface area contributed by atoms with Crippen LogP contribution < -0.4 is 10.9 Å². The Morgan fingerprint density at radius 3 is 2.65 bits per heavy atom. The highest BCUT2D eigenvalue weighted by Crippen LogP contribution is 2.13. The molecular weight excluding hydrogens is 292 g/mol. The summed E-state index contributed by atoms with van der Waals surface area (Å²) in [5.74, 6) is -0.315. The van der Waals surface area contributed by atoms with Crippen molar-refractivity contribution in [2.45, 2.75) is 19.9 Å². The van der Waals surface area contributed by atoms with Gasteiger partial charge in [0.2, 0.25) is 5.91 Å². The first kappa shape index (κ1) is 14.9. The van der Waals surface area contributed by atoms with Crippen LogP contribution in [-0.4, -0.2) is 20.7 Å². The van der Waals surface area contributed by atoms with Crippen molar-refractivity contribution < 1.29 is 4.79 Å². The molecule has 23 heavy (non-hydrogen) atoms. The zero-order chi connectivity index (χ0) is 16.2. The van der Waals surface area contributed by atoms with E-state index in [0.29, 0.717) is 17.5 Å². The Bertz CT molecular complexity index is 903. The van der Waals surface area contributed by atoms with E-state index in [-0.39, 0.29) is 18.0 Å². The summed E-state index contributed by atoms with van der Waals surface area (Å²) in [7, 11) is 0. The number of amides is 1. The first-order valence-electron chi connectivity index (χ1n) is 7.37. The maximum atomic E-state index is 12.5. The van der Waals surface area contributed by atoms with Crippen molar-refractivity contribution in [3.63, 3.8) is 0 Å². The van der Waals surface area contributed by atoms with Crippen molar-refractivity contribution in [3.05, 3.63) is 64.8 Å². The summed E-state index contributed by atoms with van der Waals surface area (Å²) in [6.07, 6.45) is 3.86. The van der Waals surface area contributed by atoms with Gasteiger partial charge in [-0.2, -0.15) is 5.10 Å². The number of nitrogens with zero attached hydrogens (tertiary/aromatic N) is 3. The third-order valence-electron chi connectivity index (χ3n) is 3.52. The molecule has 0 fully saturated rings. The minimum Gasteiger partial charge on any atom is -0.323 e. The Balaban J connectivity index is 1.92. The molecule has 6 nitrogen and oxygen atoms in total. The summed E-state index contributed by atoms with van der Waals surface area (Å²) in [5, 5.41) is 8.44. The number of hydrogen-bond acceptors (Lipinski definition) is 4. The van der Waals surface area contributed by atoms with Crippen LogP contribution in [0.15, 0.2) is 53.6 Å². The van der Waals surface area contributed by atoms with Gasteiger partial charge < -0.3 is 5.32 Å². The normalized spacial score (nSPS) is 10.7. The van der Waals surface area contributed by atoms with Gasteiger partial charge in [0.15, 0.2) is 0 Å². The second-order valence-corrected chi connectivity index (χ2v) is 5.10. The molecule has 1 aromatic carbocycles. The Hall–Kier alpha value is -3.02. The summed E-state index contributed by atoms with van der Waals surface area (Å²) in [6.45, 7) is 1.84. The number of carbonyl (C=O) groups is 1. The minimum atomic E-state index is -0.315. The average Bonchev–Trinajstić information content (AvgIpc) is 2.58. The van der Waals surface area contributed by atoms with Gasteiger partial charge in [-0.3, -0.25) is 14.6 Å². The molecule has 1 N–H and O–H groups in total. The Labute approximate surface area is 132 Å². The van der Waals surface area contributed by atoms with Crippen molar-refractivity contribution in [2.75, 3.05) is 5.32 Å². The predicted octanol–water partition coefficient (Wildman–Crippen LogP) is 1.99. The van der Waals surface area contributed by atoms with Crippen LogP contribution in [-0.2, 0) is 17.8 Å². The highest BCUT2D eigenvalue weighted by atomic mass is 16.2. The number of aromatic nitrogens is 3. The summed E-state index contributed by atoms with van der Waals surface area (Å²) in [4.78, 5) is 28.6. The van der Waals surface area contributed by atoms with Crippen LogP contribution in [0.5, 0.6) is 0 Å². The van der Waals surface area contributed by atoms with Gasteiger partial charge in [-0.15, -0.1) is 0 Å². The number of pyridine rings is 1. The average molecular weight is 308 g/mol. The number of carbonyl (C=O) groups excluding carboxylic acids is 1. The maximum absolute atomic E-state index is 12.5. The second-order valence-electron chi connectivity index (χ2n) is 5.10. The largest absolute Gasteiger partial charge is 0.323 e. The van der Waals surface area contributed by atoms with Crippen LogP contribution in [0.4, 0.5) is 5.69 Å². The molecule has 0 saturated heterocycles. The summed E-state index contributed by atoms with van der Waals surface area (Å²) >= 11 is 0. The molecule has 0 aliphatic heterocycles. The van der Waals surface area contributed by atoms with Gasteiger partial charge in [-0.25, -0.2) is 4.68 Å². The van der Waals surface area contributed by atoms with Gasteiger partial charge in [0.1, 0.15) is 6.54 Å². The molecule has 0 unspecified atom stereocenters. The number of aryl methyl sites for hydroxylation is 1. The van der Waals surface area contributed by atoms with E-state index in [4.69, 9.17) is 0 Å². The Morgan fingerprint density at radius 1 is 1.17 bits per heavy atom. The summed E-state index contributed by atoms with van der Waals surface area (Å²) in [5.41, 5.74) is 1.12. The van der Waals surface area contributed by atoms with E-state index >= 15 is 0 Å². The molecular formula is C17H16N4O2. The smallest absolute Gasteiger partial charge is 0.275 e. The molecule has 116 valence electrons. The van der Waals surface area contributed by atoms with Crippen LogP contribution in [0.25, 0.3) is 10.8 Å². The van der Waals surface area contributed by atoms with E-state index < -0.39 is 0 Å². The first-order chi connectivity index (χ1) is 11.2. The fourth-order valence-electron chi connectivity index (χ4n) is 2.45. The Kier molecular flexibility index (Phi) is 4.14. The lowest BCUT2D eigenvalue weighted by molar-refractivity contribution is -0.117. The number of hydrogen-bond donors (Lipinski definition) is 1. The number of rotatable bonds is 4. The topological polar surface area (TPSA) is 76.9 Å². The lowest BCUT2D eigenvalue weighted by atomic mass is 10.1. The summed E-state index contributed by atoms with van der Waals surface area (Å²) in [6, 6.07) is 10.8. The highest BCUT2D eigenvalue weighted by Gasteiger charge is 2.12. The van der Waals surface area contributed by atoms with Crippen molar-refractivity contribution >= 4 is 22.4 Å². The number of fused-ring (bicyclic) bond motifs is 1. The van der Waals surface area contributed by atoms with E-state index in [1.165, 1.54) is 4.68 Å². The molecule has 1 amide bonds. The van der Waals surface area contributed by atoms with Crippen molar-refractivity contribution in [2.24, 2.45) is 0 Å². The summed E-state index contributed by atoms with van der Waals surface area (Å²) < 4.78 is 1.22. The lowest BCUT2D eigenvalue weighted by Gasteiger charge is -2.10. The monoisotopic (exact) mass is 308 g/mol. The van der Waals surface area contributed by atoms with Gasteiger partial charge in [-0.1, -0.05) is 25.1 Å². The molecule has 0 aliphatic carbocycles. The molecule has 0 bridgehead atoms. The van der Waals surface area contributed by atoms with Gasteiger partial charge >= 0.3 is 0 Å². The lowest BCUT2D eigenvalue weighted by Crippen LogP contribution is -2.30. The van der Waals surface area contributed by atoms with Crippen LogP contribution in [0.2, 0.25) is 0 Å². The molecule has 0 aliphatic rings. The number of anilines is 1. The van der Waals surface area contributed by atoms with Crippen LogP contribution in [0, 0.1) is 0 Å². The maximum Gasteiger partial charge on any atom is 0.275 e. The molecule has 2 heterocycles. The van der Waals surface area contributed by atoms with E-state index in [2.05, 4.69) is 15.4 Å². The Morgan fingerprint density at radius 2 is 1.96 bits per heavy atom. The SMILES string of the molecule is CCc1nn(CC(=O)Nc2cccnc2)c(=O)c2ccccc12. The molecule has 0 saturated carbocycles. The third-order valence-corrected chi connectivity index (χ3v) is 3.52. The fourth-order valence-corrected chi connectivity index (χ4v) is 2.45. The molecule has 0 spiro atoms. The quantitative estimate of drug-likeness (QED) is 0.799. The number of benzene rings is 1. The number of nitrogens with one attached hydrogen (secondary N) is 1. The van der Waals surface area contributed by atoms with E-state index in [1.54, 1.807) is 30.6 Å². The van der Waals surface area contributed by atoms with Crippen molar-refractivity contribution in [1.82, 2.24) is 14.8 Å². The first-order valence-corrected chi connectivity index (χ1v) is 7.37. The molecule has 0 radical (unpaired) electrons. The minimum absolute atomic E-state index is 0.133. The van der Waals surface area contributed by atoms with E-state index in [1.807, 2.05) is 25.1 Å². The van der Waals surface area contributed by atoms with E-state index in [9.17, 15) is 9.59 Å². The van der Waals surface area contributed by atoms with Gasteiger partial charge in [-0.05, 0) is 24.6 Å². The second kappa shape index (κ2) is 6.39. The zero-order valence-corrected chi connectivity index (χ0v) is 12.7. The van der Waals surface area contributed by atoms with Crippen LogP contribution >= 0.6 is 0 Å². The zero-order valence-electron chi connectivity index (χ0n) is 12.7. The van der Waals surface area contributed by atoms with Gasteiger partial charge in [0, 0.05) is 11.6 Å². The van der Waals surface area contributed by atoms with Crippen LogP contribution in [0.1, 0.15) is 12.6 Å². The third kappa shape index (κ3) is 3.11. The van der Waals surface area contributed by atoms with Gasteiger partial charge in [0.25, 0.3) is 5.56 Å². The van der Waals surface area contributed by atoms with Crippen LogP contribution in [0.3, 0.4) is 0 Å². The molecule has 6 heteroatoms. The molecule has 3 aromatic rings. The predicted molar refractivity (Wildman–Crippen MR) is 88.2 cm³/mol. The standard InChI is InChI=1S/C17H16N4O2/c1-2-15-13-7-3-4-8-14(13)17(23)21(20-15)11-16(22)19-12-6-5-9-18-10-12/h3-10H,2,11H2,1H3,(H,19,22). The van der Waals surface area contributed by atoms with E-state index in [0.717, 1.165) is 11.1 Å². The fraction of sp³-hybridized carbons (Fsp3) is 0.176. The van der Waals surface area contributed by atoms with Crippen molar-refractivity contribution in [3.8, 4) is 0 Å². The van der Waals surface area contributed by atoms with Gasteiger partial charge in [0.05, 0.1) is 23.0 Å². The highest BCUT2D eigenvalue weighted by molar-refractivity contribution is 5.90. The van der Waals surface area contributed by atoms with Crippen molar-refractivity contribution in [1.29, 1.82) is 0 Å². The molecule has 2 aromatic heterocycles.